The number of carbonyl (C=O) groups is 2. The van der Waals surface area contributed by atoms with Crippen molar-refractivity contribution in [2.75, 3.05) is 4.90 Å². The molecule has 130 valence electrons. The summed E-state index contributed by atoms with van der Waals surface area (Å²) in [5.41, 5.74) is 0.935. The van der Waals surface area contributed by atoms with E-state index < -0.39 is 28.8 Å². The van der Waals surface area contributed by atoms with E-state index in [9.17, 15) is 19.7 Å². The second-order valence-electron chi connectivity index (χ2n) is 5.75. The number of nitro groups is 1. The Kier molecular flexibility index (Phi) is 3.69. The predicted octanol–water partition coefficient (Wildman–Crippen LogP) is 2.54. The maximum absolute atomic E-state index is 12.9. The number of benzene rings is 2. The number of non-ortho nitro benzene ring substituents is 1. The van der Waals surface area contributed by atoms with Crippen LogP contribution in [0, 0.1) is 16.0 Å². The van der Waals surface area contributed by atoms with Gasteiger partial charge in [-0.1, -0.05) is 28.9 Å². The molecule has 2 heterocycles. The molecule has 1 saturated heterocycles. The summed E-state index contributed by atoms with van der Waals surface area (Å²) in [4.78, 5) is 42.0. The van der Waals surface area contributed by atoms with E-state index in [0.717, 1.165) is 4.90 Å². The smallest absolute Gasteiger partial charge is 0.279 e. The van der Waals surface area contributed by atoms with Gasteiger partial charge in [0.2, 0.25) is 12.0 Å². The number of amides is 2. The lowest BCUT2D eigenvalue weighted by Gasteiger charge is -2.16. The first-order chi connectivity index (χ1) is 12.5. The van der Waals surface area contributed by atoms with E-state index in [0.29, 0.717) is 5.56 Å². The Bertz CT molecular complexity index is 973. The molecular formula is C17H10ClN3O5. The fraction of sp³-hybridized carbons (Fsp3) is 0.118. The summed E-state index contributed by atoms with van der Waals surface area (Å²) in [6.45, 7) is 0. The van der Waals surface area contributed by atoms with Crippen LogP contribution in [0.1, 0.15) is 5.56 Å². The van der Waals surface area contributed by atoms with Crippen LogP contribution in [0.4, 0.5) is 11.4 Å². The molecule has 2 aliphatic rings. The monoisotopic (exact) mass is 371 g/mol. The molecule has 2 amide bonds. The van der Waals surface area contributed by atoms with Gasteiger partial charge in [-0.05, 0) is 24.3 Å². The van der Waals surface area contributed by atoms with Gasteiger partial charge in [-0.15, -0.1) is 0 Å². The normalized spacial score (nSPS) is 21.4. The summed E-state index contributed by atoms with van der Waals surface area (Å²) in [7, 11) is 0. The minimum atomic E-state index is -1.07. The van der Waals surface area contributed by atoms with Gasteiger partial charge in [0.05, 0.1) is 15.6 Å². The second kappa shape index (κ2) is 5.92. The van der Waals surface area contributed by atoms with E-state index in [-0.39, 0.29) is 22.1 Å². The van der Waals surface area contributed by atoms with E-state index in [1.165, 1.54) is 24.3 Å². The lowest BCUT2D eigenvalue weighted by atomic mass is 9.94. The number of rotatable bonds is 3. The number of para-hydroxylation sites is 1. The Morgan fingerprint density at radius 2 is 1.77 bits per heavy atom. The van der Waals surface area contributed by atoms with Crippen LogP contribution in [-0.4, -0.2) is 28.6 Å². The molecule has 0 bridgehead atoms. The van der Waals surface area contributed by atoms with Gasteiger partial charge in [0, 0.05) is 17.7 Å². The van der Waals surface area contributed by atoms with Crippen LogP contribution < -0.4 is 4.90 Å². The first-order valence-electron chi connectivity index (χ1n) is 7.60. The summed E-state index contributed by atoms with van der Waals surface area (Å²) < 4.78 is 0. The van der Waals surface area contributed by atoms with Crippen molar-refractivity contribution >= 4 is 40.5 Å². The summed E-state index contributed by atoms with van der Waals surface area (Å²) in [5.74, 6) is -1.96. The van der Waals surface area contributed by atoms with Crippen molar-refractivity contribution in [3.05, 3.63) is 69.2 Å². The summed E-state index contributed by atoms with van der Waals surface area (Å²) >= 11 is 6.11. The Hall–Kier alpha value is -3.26. The molecule has 9 heteroatoms. The summed E-state index contributed by atoms with van der Waals surface area (Å²) in [5, 5.41) is 14.9. The van der Waals surface area contributed by atoms with E-state index in [4.69, 9.17) is 16.4 Å². The summed E-state index contributed by atoms with van der Waals surface area (Å²) in [6, 6.07) is 12.1. The van der Waals surface area contributed by atoms with Gasteiger partial charge in [-0.2, -0.15) is 0 Å². The molecule has 2 aromatic rings. The van der Waals surface area contributed by atoms with E-state index in [2.05, 4.69) is 5.16 Å². The zero-order valence-electron chi connectivity index (χ0n) is 13.0. The number of nitrogens with zero attached hydrogens (tertiary/aromatic N) is 3. The van der Waals surface area contributed by atoms with E-state index >= 15 is 0 Å². The highest BCUT2D eigenvalue weighted by Crippen LogP contribution is 2.37. The lowest BCUT2D eigenvalue weighted by Crippen LogP contribution is -2.33. The fourth-order valence-corrected chi connectivity index (χ4v) is 3.26. The standard InChI is InChI=1S/C17H10ClN3O5/c18-11-3-1-2-4-12(11)20-16(22)13-14(19-26-15(13)17(20)23)9-5-7-10(8-6-9)21(24)25/h1-8,13,15H/t13-,15+/m0/s1. The quantitative estimate of drug-likeness (QED) is 0.468. The molecular weight excluding hydrogens is 362 g/mol. The van der Waals surface area contributed by atoms with Crippen molar-refractivity contribution in [1.29, 1.82) is 0 Å². The van der Waals surface area contributed by atoms with Crippen molar-refractivity contribution in [2.45, 2.75) is 6.10 Å². The zero-order chi connectivity index (χ0) is 18.4. The first kappa shape index (κ1) is 16.2. The molecule has 4 rings (SSSR count). The average molecular weight is 372 g/mol. The van der Waals surface area contributed by atoms with Gasteiger partial charge in [-0.25, -0.2) is 4.90 Å². The number of fused-ring (bicyclic) bond motifs is 1. The SMILES string of the molecule is O=C1[C@H]2C(c3ccc([N+](=O)[O-])cc3)=NO[C@H]2C(=O)N1c1ccccc1Cl. The van der Waals surface area contributed by atoms with Gasteiger partial charge in [0.1, 0.15) is 11.6 Å². The third-order valence-corrected chi connectivity index (χ3v) is 4.60. The molecule has 8 nitrogen and oxygen atoms in total. The van der Waals surface area contributed by atoms with E-state index in [1.54, 1.807) is 24.3 Å². The average Bonchev–Trinajstić information content (AvgIpc) is 3.17. The highest BCUT2D eigenvalue weighted by Gasteiger charge is 2.56. The third-order valence-electron chi connectivity index (χ3n) is 4.28. The van der Waals surface area contributed by atoms with Crippen LogP contribution >= 0.6 is 11.6 Å². The second-order valence-corrected chi connectivity index (χ2v) is 6.15. The molecule has 1 fully saturated rings. The molecule has 0 saturated carbocycles. The maximum Gasteiger partial charge on any atom is 0.279 e. The zero-order valence-corrected chi connectivity index (χ0v) is 13.8. The van der Waals surface area contributed by atoms with Crippen molar-refractivity contribution in [2.24, 2.45) is 11.1 Å². The number of halogens is 1. The topological polar surface area (TPSA) is 102 Å². The Labute approximate surface area is 151 Å². The number of hydrogen-bond donors (Lipinski definition) is 0. The lowest BCUT2D eigenvalue weighted by molar-refractivity contribution is -0.384. The van der Waals surface area contributed by atoms with Crippen LogP contribution in [0.3, 0.4) is 0 Å². The third kappa shape index (κ3) is 2.34. The number of imide groups is 1. The maximum atomic E-state index is 12.9. The van der Waals surface area contributed by atoms with Crippen LogP contribution in [0.25, 0.3) is 0 Å². The Morgan fingerprint density at radius 3 is 2.42 bits per heavy atom. The summed E-state index contributed by atoms with van der Waals surface area (Å²) in [6.07, 6.45) is -1.07. The van der Waals surface area contributed by atoms with Gasteiger partial charge in [-0.3, -0.25) is 19.7 Å². The van der Waals surface area contributed by atoms with Gasteiger partial charge in [0.25, 0.3) is 11.6 Å². The fourth-order valence-electron chi connectivity index (χ4n) is 3.04. The highest BCUT2D eigenvalue weighted by molar-refractivity contribution is 6.38. The Morgan fingerprint density at radius 1 is 1.08 bits per heavy atom. The number of anilines is 1. The Balaban J connectivity index is 1.69. The predicted molar refractivity (Wildman–Crippen MR) is 91.9 cm³/mol. The molecule has 0 spiro atoms. The number of hydrogen-bond acceptors (Lipinski definition) is 6. The van der Waals surface area contributed by atoms with Crippen LogP contribution in [-0.2, 0) is 14.4 Å². The van der Waals surface area contributed by atoms with E-state index in [1.807, 2.05) is 0 Å². The molecule has 2 atom stereocenters. The molecule has 0 N–H and O–H groups in total. The molecule has 0 aromatic heterocycles. The molecule has 26 heavy (non-hydrogen) atoms. The van der Waals surface area contributed by atoms with Gasteiger partial charge < -0.3 is 4.84 Å². The van der Waals surface area contributed by atoms with Gasteiger partial charge >= 0.3 is 0 Å². The number of oxime groups is 1. The minimum Gasteiger partial charge on any atom is -0.381 e. The molecule has 2 aliphatic heterocycles. The molecule has 0 radical (unpaired) electrons. The molecule has 0 unspecified atom stereocenters. The van der Waals surface area contributed by atoms with Crippen molar-refractivity contribution in [1.82, 2.24) is 0 Å². The highest BCUT2D eigenvalue weighted by atomic mass is 35.5. The minimum absolute atomic E-state index is 0.0867. The van der Waals surface area contributed by atoms with Crippen LogP contribution in [0.2, 0.25) is 5.02 Å². The van der Waals surface area contributed by atoms with Crippen molar-refractivity contribution < 1.29 is 19.3 Å². The molecule has 0 aliphatic carbocycles. The number of carbonyl (C=O) groups excluding carboxylic acids is 2. The largest absolute Gasteiger partial charge is 0.381 e. The molecule has 2 aromatic carbocycles. The van der Waals surface area contributed by atoms with Crippen molar-refractivity contribution in [3.63, 3.8) is 0 Å². The van der Waals surface area contributed by atoms with Crippen LogP contribution in [0.5, 0.6) is 0 Å². The van der Waals surface area contributed by atoms with Crippen molar-refractivity contribution in [3.8, 4) is 0 Å². The first-order valence-corrected chi connectivity index (χ1v) is 7.97. The number of nitro benzene ring substituents is 1. The van der Waals surface area contributed by atoms with Crippen LogP contribution in [0.15, 0.2) is 53.7 Å². The van der Waals surface area contributed by atoms with Gasteiger partial charge in [0.15, 0.2) is 0 Å².